The summed E-state index contributed by atoms with van der Waals surface area (Å²) in [6, 6.07) is 52.7. The second-order valence-corrected chi connectivity index (χ2v) is 10.9. The Morgan fingerprint density at radius 1 is 0.238 bits per heavy atom. The molecule has 196 valence electrons. The molecular weight excluding hydrogens is 504 g/mol. The van der Waals surface area contributed by atoms with Crippen LogP contribution < -0.4 is 0 Å². The van der Waals surface area contributed by atoms with Crippen LogP contribution in [0.1, 0.15) is 22.3 Å². The third kappa shape index (κ3) is 4.17. The second-order valence-electron chi connectivity index (χ2n) is 10.9. The van der Waals surface area contributed by atoms with Crippen LogP contribution in [0.3, 0.4) is 0 Å². The first-order valence-corrected chi connectivity index (χ1v) is 14.5. The Morgan fingerprint density at radius 3 is 1.00 bits per heavy atom. The predicted octanol–water partition coefficient (Wildman–Crippen LogP) is 11.8. The van der Waals surface area contributed by atoms with Gasteiger partial charge in [0.05, 0.1) is 0 Å². The second kappa shape index (κ2) is 10.2. The Bertz CT molecular complexity index is 2150. The summed E-state index contributed by atoms with van der Waals surface area (Å²) in [6.45, 7) is 0. The van der Waals surface area contributed by atoms with E-state index in [0.717, 1.165) is 0 Å². The van der Waals surface area contributed by atoms with Crippen molar-refractivity contribution in [2.75, 3.05) is 0 Å². The van der Waals surface area contributed by atoms with E-state index in [1.54, 1.807) is 0 Å². The molecule has 8 aromatic rings. The molecule has 0 amide bonds. The number of hydrogen-bond acceptors (Lipinski definition) is 0. The lowest BCUT2D eigenvalue weighted by Gasteiger charge is -2.17. The lowest BCUT2D eigenvalue weighted by molar-refractivity contribution is 1.66. The van der Waals surface area contributed by atoms with Crippen molar-refractivity contribution in [1.29, 1.82) is 0 Å². The average molecular weight is 533 g/mol. The van der Waals surface area contributed by atoms with Gasteiger partial charge in [-0.15, -0.1) is 0 Å². The Hall–Kier alpha value is -5.46. The largest absolute Gasteiger partial charge is 0.0622 e. The highest BCUT2D eigenvalue weighted by atomic mass is 14.2. The Balaban J connectivity index is 1.47. The van der Waals surface area contributed by atoms with Crippen molar-refractivity contribution in [2.24, 2.45) is 0 Å². The fraction of sp³-hybridized carbons (Fsp3) is 0. The molecule has 0 nitrogen and oxygen atoms in total. The molecule has 0 radical (unpaired) electrons. The zero-order valence-corrected chi connectivity index (χ0v) is 23.2. The van der Waals surface area contributed by atoms with E-state index >= 15 is 0 Å². The molecule has 0 spiro atoms. The fourth-order valence-corrected chi connectivity index (χ4v) is 6.43. The standard InChI is InChI=1S/C42H28/c1-3-11-29(12-4-1)19-21-31-23-25-35-36-26-24-32(22-20-30-13-5-2-6-14-30)28-40(36)42-38-18-10-8-16-34(38)33-15-7-9-17-37(33)41(42)39(35)27-31/h1-28H. The minimum atomic E-state index is 1.20. The van der Waals surface area contributed by atoms with Gasteiger partial charge in [0, 0.05) is 0 Å². The molecule has 0 bridgehead atoms. The number of hydrogen-bond donors (Lipinski definition) is 0. The molecule has 42 heavy (non-hydrogen) atoms. The van der Waals surface area contributed by atoms with Crippen LogP contribution in [0.4, 0.5) is 0 Å². The van der Waals surface area contributed by atoms with Crippen LogP contribution in [-0.4, -0.2) is 0 Å². The van der Waals surface area contributed by atoms with E-state index in [2.05, 4.69) is 170 Å². The molecule has 0 N–H and O–H groups in total. The van der Waals surface area contributed by atoms with Gasteiger partial charge in [0.15, 0.2) is 0 Å². The smallest absolute Gasteiger partial charge is 0.00137 e. The first-order chi connectivity index (χ1) is 20.8. The summed E-state index contributed by atoms with van der Waals surface area (Å²) in [5.74, 6) is 0. The maximum absolute atomic E-state index is 2.38. The summed E-state index contributed by atoms with van der Waals surface area (Å²) in [5.41, 5.74) is 4.81. The molecule has 0 saturated heterocycles. The predicted molar refractivity (Wildman–Crippen MR) is 185 cm³/mol. The van der Waals surface area contributed by atoms with Crippen LogP contribution in [0.15, 0.2) is 146 Å². The molecular formula is C42H28. The van der Waals surface area contributed by atoms with Gasteiger partial charge in [-0.25, -0.2) is 0 Å². The van der Waals surface area contributed by atoms with Crippen LogP contribution >= 0.6 is 0 Å². The molecule has 0 fully saturated rings. The first-order valence-electron chi connectivity index (χ1n) is 14.5. The maximum atomic E-state index is 2.38. The van der Waals surface area contributed by atoms with Gasteiger partial charge in [-0.05, 0) is 88.2 Å². The highest BCUT2D eigenvalue weighted by molar-refractivity contribution is 6.39. The molecule has 0 aliphatic heterocycles. The average Bonchev–Trinajstić information content (AvgIpc) is 3.07. The SMILES string of the molecule is C(=Cc1ccc2c3ccc(C=Cc4ccccc4)cc3c3c4ccccc4c4ccccc4c3c2c1)c1ccccc1. The lowest BCUT2D eigenvalue weighted by Crippen LogP contribution is -1.89. The van der Waals surface area contributed by atoms with Crippen molar-refractivity contribution >= 4 is 78.2 Å². The van der Waals surface area contributed by atoms with Crippen molar-refractivity contribution in [1.82, 2.24) is 0 Å². The molecule has 0 aromatic heterocycles. The van der Waals surface area contributed by atoms with E-state index in [-0.39, 0.29) is 0 Å². The van der Waals surface area contributed by atoms with Gasteiger partial charge in [-0.3, -0.25) is 0 Å². The monoisotopic (exact) mass is 532 g/mol. The Kier molecular flexibility index (Phi) is 5.90. The van der Waals surface area contributed by atoms with Crippen LogP contribution in [0.5, 0.6) is 0 Å². The van der Waals surface area contributed by atoms with Gasteiger partial charge >= 0.3 is 0 Å². The molecule has 0 heteroatoms. The van der Waals surface area contributed by atoms with Gasteiger partial charge in [0.1, 0.15) is 0 Å². The zero-order valence-electron chi connectivity index (χ0n) is 23.2. The van der Waals surface area contributed by atoms with E-state index in [4.69, 9.17) is 0 Å². The van der Waals surface area contributed by atoms with Crippen molar-refractivity contribution < 1.29 is 0 Å². The third-order valence-corrected chi connectivity index (χ3v) is 8.38. The summed E-state index contributed by atoms with van der Waals surface area (Å²) in [7, 11) is 0. The normalized spacial score (nSPS) is 12.1. The molecule has 8 rings (SSSR count). The fourth-order valence-electron chi connectivity index (χ4n) is 6.43. The van der Waals surface area contributed by atoms with Crippen molar-refractivity contribution in [3.05, 3.63) is 168 Å². The maximum Gasteiger partial charge on any atom is -0.00137 e. The topological polar surface area (TPSA) is 0 Å². The van der Waals surface area contributed by atoms with Crippen molar-refractivity contribution in [3.63, 3.8) is 0 Å². The van der Waals surface area contributed by atoms with Gasteiger partial charge in [-0.1, -0.05) is 158 Å². The highest BCUT2D eigenvalue weighted by Gasteiger charge is 2.16. The molecule has 8 aromatic carbocycles. The van der Waals surface area contributed by atoms with E-state index in [1.165, 1.54) is 76.1 Å². The van der Waals surface area contributed by atoms with Crippen LogP contribution in [0.25, 0.3) is 78.2 Å². The molecule has 0 atom stereocenters. The zero-order chi connectivity index (χ0) is 27.9. The van der Waals surface area contributed by atoms with Gasteiger partial charge in [-0.2, -0.15) is 0 Å². The van der Waals surface area contributed by atoms with Gasteiger partial charge in [0.2, 0.25) is 0 Å². The third-order valence-electron chi connectivity index (χ3n) is 8.38. The number of benzene rings is 8. The lowest BCUT2D eigenvalue weighted by atomic mass is 9.86. The van der Waals surface area contributed by atoms with E-state index in [1.807, 2.05) is 0 Å². The number of rotatable bonds is 4. The summed E-state index contributed by atoms with van der Waals surface area (Å²) < 4.78 is 0. The molecule has 0 unspecified atom stereocenters. The highest BCUT2D eigenvalue weighted by Crippen LogP contribution is 2.44. The van der Waals surface area contributed by atoms with Crippen molar-refractivity contribution in [2.45, 2.75) is 0 Å². The summed E-state index contributed by atoms with van der Waals surface area (Å²) in [6.07, 6.45) is 8.85. The molecule has 0 aliphatic rings. The Morgan fingerprint density at radius 2 is 0.571 bits per heavy atom. The molecule has 0 saturated carbocycles. The minimum absolute atomic E-state index is 1.20. The number of fused-ring (bicyclic) bond motifs is 11. The van der Waals surface area contributed by atoms with E-state index in [0.29, 0.717) is 0 Å². The van der Waals surface area contributed by atoms with E-state index < -0.39 is 0 Å². The van der Waals surface area contributed by atoms with Crippen LogP contribution in [-0.2, 0) is 0 Å². The summed E-state index contributed by atoms with van der Waals surface area (Å²) in [4.78, 5) is 0. The molecule has 0 heterocycles. The Labute approximate surface area is 245 Å². The van der Waals surface area contributed by atoms with Gasteiger partial charge in [0.25, 0.3) is 0 Å². The van der Waals surface area contributed by atoms with Crippen LogP contribution in [0.2, 0.25) is 0 Å². The van der Waals surface area contributed by atoms with Crippen LogP contribution in [0, 0.1) is 0 Å². The van der Waals surface area contributed by atoms with E-state index in [9.17, 15) is 0 Å². The summed E-state index contributed by atoms with van der Waals surface area (Å²) in [5, 5.41) is 13.0. The quantitative estimate of drug-likeness (QED) is 0.156. The molecule has 0 aliphatic carbocycles. The minimum Gasteiger partial charge on any atom is -0.0622 e. The summed E-state index contributed by atoms with van der Waals surface area (Å²) >= 11 is 0. The first kappa shape index (κ1) is 24.3. The van der Waals surface area contributed by atoms with Crippen molar-refractivity contribution in [3.8, 4) is 0 Å². The van der Waals surface area contributed by atoms with Gasteiger partial charge < -0.3 is 0 Å².